The molecule has 0 bridgehead atoms. The Morgan fingerprint density at radius 3 is 2.73 bits per heavy atom. The molecule has 1 N–H and O–H groups in total. The maximum atomic E-state index is 13.4. The summed E-state index contributed by atoms with van der Waals surface area (Å²) in [5.74, 6) is 0. The predicted octanol–water partition coefficient (Wildman–Crippen LogP) is 5.06. The van der Waals surface area contributed by atoms with Crippen LogP contribution in [0.4, 0.5) is 0 Å². The number of ether oxygens (including phenoxy) is 1. The van der Waals surface area contributed by atoms with Gasteiger partial charge < -0.3 is 14.6 Å². The number of rotatable bonds is 5. The lowest BCUT2D eigenvalue weighted by Crippen LogP contribution is -2.44. The van der Waals surface area contributed by atoms with E-state index in [1.54, 1.807) is 0 Å². The Kier molecular flexibility index (Phi) is 6.01. The highest BCUT2D eigenvalue weighted by molar-refractivity contribution is 6.31. The van der Waals surface area contributed by atoms with Gasteiger partial charge in [-0.3, -0.25) is 4.79 Å². The molecule has 1 fully saturated rings. The number of hydrogen-bond donors (Lipinski definition) is 1. The summed E-state index contributed by atoms with van der Waals surface area (Å²) in [5, 5.41) is 5.35. The van der Waals surface area contributed by atoms with Crippen LogP contribution in [0.3, 0.4) is 0 Å². The molecule has 0 spiro atoms. The molecule has 2 aromatic carbocycles. The second-order valence-electron chi connectivity index (χ2n) is 8.89. The van der Waals surface area contributed by atoms with Crippen molar-refractivity contribution < 1.29 is 4.74 Å². The molecule has 0 aliphatic carbocycles. The Bertz CT molecular complexity index is 1120. The zero-order valence-corrected chi connectivity index (χ0v) is 18.6. The Balaban J connectivity index is 1.69. The van der Waals surface area contributed by atoms with Gasteiger partial charge in [0.05, 0.1) is 17.7 Å². The molecule has 1 aromatic heterocycles. The quantitative estimate of drug-likeness (QED) is 0.622. The van der Waals surface area contributed by atoms with Gasteiger partial charge >= 0.3 is 0 Å². The van der Waals surface area contributed by atoms with Crippen LogP contribution in [-0.4, -0.2) is 22.8 Å². The van der Waals surface area contributed by atoms with Gasteiger partial charge in [0.15, 0.2) is 0 Å². The molecule has 4 nitrogen and oxygen atoms in total. The van der Waals surface area contributed by atoms with E-state index in [0.29, 0.717) is 24.2 Å². The normalized spacial score (nSPS) is 18.6. The van der Waals surface area contributed by atoms with Crippen molar-refractivity contribution in [1.82, 2.24) is 9.88 Å². The highest BCUT2D eigenvalue weighted by Crippen LogP contribution is 2.24. The van der Waals surface area contributed by atoms with Crippen molar-refractivity contribution in [2.75, 3.05) is 6.61 Å². The van der Waals surface area contributed by atoms with Crippen molar-refractivity contribution in [3.8, 4) is 0 Å². The molecule has 0 amide bonds. The van der Waals surface area contributed by atoms with Gasteiger partial charge in [0.2, 0.25) is 0 Å². The van der Waals surface area contributed by atoms with Crippen LogP contribution in [0.1, 0.15) is 43.4 Å². The largest absolute Gasteiger partial charge is 0.375 e. The van der Waals surface area contributed by atoms with Gasteiger partial charge in [0, 0.05) is 29.8 Å². The van der Waals surface area contributed by atoms with Gasteiger partial charge in [0.25, 0.3) is 5.56 Å². The average molecular weight is 425 g/mol. The molecule has 3 aromatic rings. The first-order valence-corrected chi connectivity index (χ1v) is 10.9. The summed E-state index contributed by atoms with van der Waals surface area (Å²) in [6, 6.07) is 16.3. The minimum atomic E-state index is -0.124. The van der Waals surface area contributed by atoms with E-state index in [9.17, 15) is 4.79 Å². The van der Waals surface area contributed by atoms with Gasteiger partial charge in [-0.05, 0) is 68.8 Å². The van der Waals surface area contributed by atoms with Crippen molar-refractivity contribution >= 4 is 22.5 Å². The molecule has 1 aliphatic rings. The van der Waals surface area contributed by atoms with E-state index >= 15 is 0 Å². The van der Waals surface area contributed by atoms with Crippen LogP contribution in [0.5, 0.6) is 0 Å². The number of fused-ring (bicyclic) bond motifs is 1. The molecular formula is C25H29ClN2O2. The highest BCUT2D eigenvalue weighted by Gasteiger charge is 2.28. The van der Waals surface area contributed by atoms with Crippen LogP contribution in [-0.2, 0) is 17.8 Å². The summed E-state index contributed by atoms with van der Waals surface area (Å²) in [5.41, 5.74) is 3.74. The van der Waals surface area contributed by atoms with E-state index in [2.05, 4.69) is 32.2 Å². The van der Waals surface area contributed by atoms with Crippen molar-refractivity contribution in [1.29, 1.82) is 0 Å². The van der Waals surface area contributed by atoms with Crippen molar-refractivity contribution in [2.45, 2.75) is 58.3 Å². The minimum Gasteiger partial charge on any atom is -0.375 e. The van der Waals surface area contributed by atoms with Crippen LogP contribution >= 0.6 is 11.6 Å². The molecule has 0 radical (unpaired) electrons. The number of hydrogen-bond acceptors (Lipinski definition) is 3. The number of pyridine rings is 1. The topological polar surface area (TPSA) is 43.3 Å². The average Bonchev–Trinajstić information content (AvgIpc) is 2.69. The molecule has 0 unspecified atom stereocenters. The Labute approximate surface area is 182 Å². The van der Waals surface area contributed by atoms with E-state index in [-0.39, 0.29) is 11.2 Å². The molecule has 158 valence electrons. The summed E-state index contributed by atoms with van der Waals surface area (Å²) >= 11 is 6.39. The van der Waals surface area contributed by atoms with Gasteiger partial charge in [-0.25, -0.2) is 0 Å². The van der Waals surface area contributed by atoms with E-state index in [0.717, 1.165) is 41.5 Å². The van der Waals surface area contributed by atoms with E-state index < -0.39 is 0 Å². The van der Waals surface area contributed by atoms with E-state index in [1.807, 2.05) is 47.0 Å². The van der Waals surface area contributed by atoms with Crippen LogP contribution in [0.25, 0.3) is 10.9 Å². The van der Waals surface area contributed by atoms with Crippen LogP contribution in [0.15, 0.2) is 53.3 Å². The molecule has 5 heteroatoms. The second kappa shape index (κ2) is 8.54. The standard InChI is InChI=1S/C25H29ClN2O2/c1-17-8-9-23-19(12-17)13-20(15-27-21-10-11-30-25(2,3)14-21)24(29)28(23)16-18-6-4-5-7-22(18)26/h4-9,12-13,21,27H,10-11,14-16H2,1-3H3/t21-/m0/s1. The number of benzene rings is 2. The predicted molar refractivity (Wildman–Crippen MR) is 123 cm³/mol. The van der Waals surface area contributed by atoms with Gasteiger partial charge in [-0.2, -0.15) is 0 Å². The minimum absolute atomic E-state index is 0.0325. The zero-order valence-electron chi connectivity index (χ0n) is 17.9. The molecule has 1 saturated heterocycles. The van der Waals surface area contributed by atoms with Crippen LogP contribution < -0.4 is 10.9 Å². The lowest BCUT2D eigenvalue weighted by molar-refractivity contribution is -0.0630. The number of aryl methyl sites for hydroxylation is 1. The van der Waals surface area contributed by atoms with Crippen LogP contribution in [0.2, 0.25) is 5.02 Å². The fraction of sp³-hybridized carbons (Fsp3) is 0.400. The molecular weight excluding hydrogens is 396 g/mol. The first-order valence-electron chi connectivity index (χ1n) is 10.6. The molecule has 30 heavy (non-hydrogen) atoms. The lowest BCUT2D eigenvalue weighted by atomic mass is 9.94. The number of nitrogens with zero attached hydrogens (tertiary/aromatic N) is 1. The molecule has 1 aliphatic heterocycles. The van der Waals surface area contributed by atoms with Gasteiger partial charge in [-0.1, -0.05) is 41.4 Å². The number of aromatic nitrogens is 1. The second-order valence-corrected chi connectivity index (χ2v) is 9.30. The smallest absolute Gasteiger partial charge is 0.255 e. The third-order valence-corrected chi connectivity index (χ3v) is 6.26. The molecule has 2 heterocycles. The van der Waals surface area contributed by atoms with Crippen molar-refractivity contribution in [3.63, 3.8) is 0 Å². The summed E-state index contributed by atoms with van der Waals surface area (Å²) < 4.78 is 7.67. The summed E-state index contributed by atoms with van der Waals surface area (Å²) in [7, 11) is 0. The highest BCUT2D eigenvalue weighted by atomic mass is 35.5. The summed E-state index contributed by atoms with van der Waals surface area (Å²) in [6.45, 7) is 8.07. The van der Waals surface area contributed by atoms with E-state index in [1.165, 1.54) is 5.56 Å². The maximum absolute atomic E-state index is 13.4. The summed E-state index contributed by atoms with van der Waals surface area (Å²) in [6.07, 6.45) is 1.90. The SMILES string of the molecule is Cc1ccc2c(c1)cc(CN[C@H]1CCOC(C)(C)C1)c(=O)n2Cc1ccccc1Cl. The molecule has 4 rings (SSSR count). The first kappa shape index (κ1) is 21.1. The third kappa shape index (κ3) is 4.61. The van der Waals surface area contributed by atoms with Gasteiger partial charge in [0.1, 0.15) is 0 Å². The third-order valence-electron chi connectivity index (χ3n) is 5.89. The maximum Gasteiger partial charge on any atom is 0.255 e. The fourth-order valence-electron chi connectivity index (χ4n) is 4.31. The number of nitrogens with one attached hydrogen (secondary N) is 1. The first-order chi connectivity index (χ1) is 14.3. The van der Waals surface area contributed by atoms with E-state index in [4.69, 9.17) is 16.3 Å². The van der Waals surface area contributed by atoms with Crippen LogP contribution in [0, 0.1) is 6.92 Å². The Morgan fingerprint density at radius 1 is 1.17 bits per heavy atom. The van der Waals surface area contributed by atoms with Crippen molar-refractivity contribution in [3.05, 3.63) is 80.6 Å². The zero-order chi connectivity index (χ0) is 21.3. The van der Waals surface area contributed by atoms with Gasteiger partial charge in [-0.15, -0.1) is 0 Å². The molecule has 0 saturated carbocycles. The Hall–Kier alpha value is -2.14. The number of halogens is 1. The molecule has 1 atom stereocenters. The fourth-order valence-corrected chi connectivity index (χ4v) is 4.50. The van der Waals surface area contributed by atoms with Crippen molar-refractivity contribution in [2.24, 2.45) is 0 Å². The summed E-state index contributed by atoms with van der Waals surface area (Å²) in [4.78, 5) is 13.4. The lowest BCUT2D eigenvalue weighted by Gasteiger charge is -2.36. The Morgan fingerprint density at radius 2 is 1.97 bits per heavy atom. The monoisotopic (exact) mass is 424 g/mol.